The molecule has 20 heavy (non-hydrogen) atoms. The normalized spacial score (nSPS) is 11.0. The molecule has 0 spiro atoms. The van der Waals surface area contributed by atoms with Gasteiger partial charge < -0.3 is 9.47 Å². The fourth-order valence-corrected chi connectivity index (χ4v) is 2.15. The lowest BCUT2D eigenvalue weighted by molar-refractivity contribution is -0.274. The van der Waals surface area contributed by atoms with E-state index in [9.17, 15) is 18.0 Å². The van der Waals surface area contributed by atoms with Crippen molar-refractivity contribution in [1.29, 1.82) is 0 Å². The van der Waals surface area contributed by atoms with Crippen LogP contribution in [0.15, 0.2) is 24.3 Å². The van der Waals surface area contributed by atoms with Crippen molar-refractivity contribution >= 4 is 34.1 Å². The lowest BCUT2D eigenvalue weighted by Crippen LogP contribution is -2.17. The quantitative estimate of drug-likeness (QED) is 0.611. The number of benzene rings is 1. The minimum Gasteiger partial charge on any atom is -0.465 e. The number of thioether (sulfide) groups is 1. The van der Waals surface area contributed by atoms with Crippen LogP contribution >= 0.6 is 24.0 Å². The Kier molecular flexibility index (Phi) is 6.28. The lowest BCUT2D eigenvalue weighted by Gasteiger charge is -2.09. The largest absolute Gasteiger partial charge is 0.573 e. The van der Waals surface area contributed by atoms with Gasteiger partial charge in [0.2, 0.25) is 0 Å². The predicted molar refractivity (Wildman–Crippen MR) is 73.9 cm³/mol. The molecule has 8 heteroatoms. The Morgan fingerprint density at radius 2 is 1.90 bits per heavy atom. The molecule has 0 fully saturated rings. The number of hydrogen-bond donors (Lipinski definition) is 0. The van der Waals surface area contributed by atoms with Crippen LogP contribution < -0.4 is 4.74 Å². The Bertz CT molecular complexity index is 472. The molecule has 0 aromatic heterocycles. The molecule has 0 saturated heterocycles. The van der Waals surface area contributed by atoms with E-state index < -0.39 is 12.3 Å². The first kappa shape index (κ1) is 16.8. The highest BCUT2D eigenvalue weighted by Crippen LogP contribution is 2.24. The smallest absolute Gasteiger partial charge is 0.465 e. The molecule has 0 unspecified atom stereocenters. The number of alkyl halides is 3. The van der Waals surface area contributed by atoms with Crippen LogP contribution in [0.3, 0.4) is 0 Å². The number of hydrogen-bond acceptors (Lipinski definition) is 5. The van der Waals surface area contributed by atoms with Crippen LogP contribution in [0.1, 0.15) is 12.5 Å². The van der Waals surface area contributed by atoms with E-state index in [0.29, 0.717) is 9.76 Å². The van der Waals surface area contributed by atoms with E-state index in [1.807, 2.05) is 0 Å². The summed E-state index contributed by atoms with van der Waals surface area (Å²) in [6.45, 7) is 1.98. The van der Waals surface area contributed by atoms with Gasteiger partial charge in [-0.1, -0.05) is 12.2 Å². The topological polar surface area (TPSA) is 35.5 Å². The van der Waals surface area contributed by atoms with Crippen LogP contribution in [0.4, 0.5) is 13.2 Å². The van der Waals surface area contributed by atoms with Crippen LogP contribution in [-0.2, 0) is 9.53 Å². The summed E-state index contributed by atoms with van der Waals surface area (Å²) in [7, 11) is 0. The summed E-state index contributed by atoms with van der Waals surface area (Å²) in [5.41, 5.74) is 0.545. The molecule has 0 aliphatic heterocycles. The number of halogens is 3. The summed E-state index contributed by atoms with van der Waals surface area (Å²) in [5, 5.41) is 0. The Labute approximate surface area is 123 Å². The van der Waals surface area contributed by atoms with Gasteiger partial charge >= 0.3 is 12.3 Å². The lowest BCUT2D eigenvalue weighted by atomic mass is 10.2. The number of carbonyl (C=O) groups excluding carboxylic acids is 1. The SMILES string of the molecule is CCOC(=O)CSC(=S)c1ccc(OC(F)(F)F)cc1. The van der Waals surface area contributed by atoms with Gasteiger partial charge in [-0.05, 0) is 36.8 Å². The standard InChI is InChI=1S/C12H11F3O3S2/c1-2-17-10(16)7-20-11(19)8-3-5-9(6-4-8)18-12(13,14)15/h3-6H,2,7H2,1H3. The molecule has 0 amide bonds. The van der Waals surface area contributed by atoms with Crippen molar-refractivity contribution < 1.29 is 27.4 Å². The maximum Gasteiger partial charge on any atom is 0.573 e. The van der Waals surface area contributed by atoms with Crippen LogP contribution in [0.2, 0.25) is 0 Å². The monoisotopic (exact) mass is 324 g/mol. The number of esters is 1. The highest BCUT2D eigenvalue weighted by atomic mass is 32.2. The van der Waals surface area contributed by atoms with Crippen molar-refractivity contribution in [3.63, 3.8) is 0 Å². The van der Waals surface area contributed by atoms with Crippen LogP contribution in [0, 0.1) is 0 Å². The van der Waals surface area contributed by atoms with Crippen molar-refractivity contribution in [2.75, 3.05) is 12.4 Å². The zero-order valence-corrected chi connectivity index (χ0v) is 12.0. The summed E-state index contributed by atoms with van der Waals surface area (Å²) in [6.07, 6.45) is -4.72. The summed E-state index contributed by atoms with van der Waals surface area (Å²) in [4.78, 5) is 11.1. The first-order valence-corrected chi connectivity index (χ1v) is 6.89. The molecule has 0 aliphatic carbocycles. The Morgan fingerprint density at radius 1 is 1.30 bits per heavy atom. The van der Waals surface area contributed by atoms with E-state index >= 15 is 0 Å². The third-order valence-electron chi connectivity index (χ3n) is 1.95. The van der Waals surface area contributed by atoms with E-state index in [1.54, 1.807) is 6.92 Å². The minimum absolute atomic E-state index is 0.0630. The molecule has 0 atom stereocenters. The zero-order chi connectivity index (χ0) is 15.2. The minimum atomic E-state index is -4.72. The van der Waals surface area contributed by atoms with Gasteiger partial charge in [0.1, 0.15) is 5.75 Å². The molecule has 0 saturated carbocycles. The van der Waals surface area contributed by atoms with Gasteiger partial charge in [0, 0.05) is 0 Å². The molecular weight excluding hydrogens is 313 g/mol. The highest BCUT2D eigenvalue weighted by molar-refractivity contribution is 8.24. The molecule has 1 rings (SSSR count). The fraction of sp³-hybridized carbons (Fsp3) is 0.333. The molecule has 1 aromatic carbocycles. The molecule has 0 radical (unpaired) electrons. The molecule has 0 bridgehead atoms. The van der Waals surface area contributed by atoms with E-state index in [-0.39, 0.29) is 18.1 Å². The third-order valence-corrected chi connectivity index (χ3v) is 3.42. The Morgan fingerprint density at radius 3 is 2.40 bits per heavy atom. The first-order chi connectivity index (χ1) is 9.31. The van der Waals surface area contributed by atoms with Gasteiger partial charge in [0.15, 0.2) is 0 Å². The van der Waals surface area contributed by atoms with E-state index in [4.69, 9.17) is 17.0 Å². The van der Waals surface area contributed by atoms with Gasteiger partial charge in [-0.15, -0.1) is 24.9 Å². The summed E-state index contributed by atoms with van der Waals surface area (Å²) in [6, 6.07) is 5.14. The average Bonchev–Trinajstić information content (AvgIpc) is 2.35. The molecule has 3 nitrogen and oxygen atoms in total. The second-order valence-electron chi connectivity index (χ2n) is 3.45. The molecule has 0 heterocycles. The Balaban J connectivity index is 2.55. The van der Waals surface area contributed by atoms with E-state index in [0.717, 1.165) is 11.8 Å². The summed E-state index contributed by atoms with van der Waals surface area (Å²) >= 11 is 6.16. The van der Waals surface area contributed by atoms with Gasteiger partial charge in [-0.3, -0.25) is 4.79 Å². The van der Waals surface area contributed by atoms with Crippen molar-refractivity contribution in [3.8, 4) is 5.75 Å². The van der Waals surface area contributed by atoms with Crippen LogP contribution in [0.25, 0.3) is 0 Å². The second-order valence-corrected chi connectivity index (χ2v) is 5.11. The van der Waals surface area contributed by atoms with Gasteiger partial charge in [-0.25, -0.2) is 0 Å². The molecule has 0 aliphatic rings. The third kappa shape index (κ3) is 6.25. The van der Waals surface area contributed by atoms with Crippen molar-refractivity contribution in [2.45, 2.75) is 13.3 Å². The van der Waals surface area contributed by atoms with E-state index in [2.05, 4.69) is 4.74 Å². The number of rotatable bonds is 5. The Hall–Kier alpha value is -1.28. The van der Waals surface area contributed by atoms with Crippen molar-refractivity contribution in [3.05, 3.63) is 29.8 Å². The summed E-state index contributed by atoms with van der Waals surface area (Å²) in [5.74, 6) is -0.649. The van der Waals surface area contributed by atoms with Gasteiger partial charge in [-0.2, -0.15) is 0 Å². The molecular formula is C12H11F3O3S2. The fourth-order valence-electron chi connectivity index (χ4n) is 1.20. The van der Waals surface area contributed by atoms with Crippen molar-refractivity contribution in [2.24, 2.45) is 0 Å². The molecule has 1 aromatic rings. The molecule has 110 valence electrons. The number of thiocarbonyl (C=S) groups is 1. The number of ether oxygens (including phenoxy) is 2. The maximum absolute atomic E-state index is 12.0. The highest BCUT2D eigenvalue weighted by Gasteiger charge is 2.30. The molecule has 0 N–H and O–H groups in total. The number of carbonyl (C=O) groups is 1. The van der Waals surface area contributed by atoms with Gasteiger partial charge in [0.25, 0.3) is 0 Å². The van der Waals surface area contributed by atoms with Gasteiger partial charge in [0.05, 0.1) is 16.6 Å². The van der Waals surface area contributed by atoms with Crippen LogP contribution in [0.5, 0.6) is 5.75 Å². The van der Waals surface area contributed by atoms with Crippen LogP contribution in [-0.4, -0.2) is 28.9 Å². The predicted octanol–water partition coefficient (Wildman–Crippen LogP) is 3.56. The van der Waals surface area contributed by atoms with E-state index in [1.165, 1.54) is 24.3 Å². The van der Waals surface area contributed by atoms with Crippen molar-refractivity contribution in [1.82, 2.24) is 0 Å². The summed E-state index contributed by atoms with van der Waals surface area (Å²) < 4.78 is 44.8. The second kappa shape index (κ2) is 7.49. The maximum atomic E-state index is 12.0. The zero-order valence-electron chi connectivity index (χ0n) is 10.4. The first-order valence-electron chi connectivity index (χ1n) is 5.50. The average molecular weight is 324 g/mol.